The lowest BCUT2D eigenvalue weighted by atomic mass is 10.1. The van der Waals surface area contributed by atoms with Crippen molar-refractivity contribution in [3.8, 4) is 0 Å². The summed E-state index contributed by atoms with van der Waals surface area (Å²) in [5.74, 6) is -0.482. The first-order chi connectivity index (χ1) is 7.84. The van der Waals surface area contributed by atoms with E-state index in [1.54, 1.807) is 0 Å². The number of hydrogen-bond donors (Lipinski definition) is 0. The monoisotopic (exact) mass is 310 g/mol. The van der Waals surface area contributed by atoms with Gasteiger partial charge in [-0.05, 0) is 11.6 Å². The molecule has 0 bridgehead atoms. The number of alkyl halides is 4. The molecular weight excluding hydrogens is 301 g/mol. The van der Waals surface area contributed by atoms with Gasteiger partial charge < -0.3 is 4.74 Å². The van der Waals surface area contributed by atoms with Crippen LogP contribution in [0.5, 0.6) is 0 Å². The summed E-state index contributed by atoms with van der Waals surface area (Å²) in [6.07, 6.45) is -4.40. The molecule has 0 aromatic heterocycles. The van der Waals surface area contributed by atoms with Crippen LogP contribution < -0.4 is 0 Å². The van der Waals surface area contributed by atoms with E-state index in [4.69, 9.17) is 0 Å². The maximum Gasteiger partial charge on any atom is 0.416 e. The van der Waals surface area contributed by atoms with E-state index in [9.17, 15) is 18.0 Å². The Balaban J connectivity index is 2.88. The lowest BCUT2D eigenvalue weighted by Gasteiger charge is -2.12. The van der Waals surface area contributed by atoms with Crippen molar-refractivity contribution < 1.29 is 22.7 Å². The van der Waals surface area contributed by atoms with E-state index < -0.39 is 22.5 Å². The van der Waals surface area contributed by atoms with Gasteiger partial charge in [0.2, 0.25) is 0 Å². The summed E-state index contributed by atoms with van der Waals surface area (Å²) >= 11 is 3.16. The highest BCUT2D eigenvalue weighted by molar-refractivity contribution is 9.09. The van der Waals surface area contributed by atoms with Gasteiger partial charge in [-0.1, -0.05) is 34.1 Å². The lowest BCUT2D eigenvalue weighted by Crippen LogP contribution is -2.07. The van der Waals surface area contributed by atoms with E-state index in [1.807, 2.05) is 0 Å². The molecular formula is C11H10BrF3O2. The fraction of sp³-hybridized carbons (Fsp3) is 0.364. The van der Waals surface area contributed by atoms with E-state index >= 15 is 0 Å². The van der Waals surface area contributed by atoms with E-state index in [0.717, 1.165) is 12.1 Å². The standard InChI is InChI=1S/C11H10BrF3O2/c1-17-10(16)6-9(12)7-3-2-4-8(5-7)11(13,14)15/h2-5,9H,6H2,1H3. The van der Waals surface area contributed by atoms with Gasteiger partial charge in [0, 0.05) is 4.83 Å². The molecule has 0 amide bonds. The van der Waals surface area contributed by atoms with Crippen LogP contribution in [0.4, 0.5) is 13.2 Å². The van der Waals surface area contributed by atoms with Crippen LogP contribution in [0.25, 0.3) is 0 Å². The maximum atomic E-state index is 12.5. The zero-order valence-corrected chi connectivity index (χ0v) is 10.5. The first kappa shape index (κ1) is 14.0. The molecule has 0 aliphatic carbocycles. The molecule has 0 fully saturated rings. The quantitative estimate of drug-likeness (QED) is 0.628. The van der Waals surface area contributed by atoms with Gasteiger partial charge in [-0.2, -0.15) is 13.2 Å². The number of hydrogen-bond acceptors (Lipinski definition) is 2. The first-order valence-electron chi connectivity index (χ1n) is 4.72. The Labute approximate surface area is 105 Å². The van der Waals surface area contributed by atoms with Crippen molar-refractivity contribution in [2.24, 2.45) is 0 Å². The maximum absolute atomic E-state index is 12.5. The summed E-state index contributed by atoms with van der Waals surface area (Å²) in [6.45, 7) is 0. The predicted octanol–water partition coefficient (Wildman–Crippen LogP) is 3.70. The molecule has 1 rings (SSSR count). The fourth-order valence-electron chi connectivity index (χ4n) is 1.26. The van der Waals surface area contributed by atoms with Crippen LogP contribution in [0.3, 0.4) is 0 Å². The Hall–Kier alpha value is -1.04. The molecule has 1 aromatic rings. The van der Waals surface area contributed by atoms with Crippen molar-refractivity contribution in [2.45, 2.75) is 17.4 Å². The summed E-state index contributed by atoms with van der Waals surface area (Å²) in [6, 6.07) is 4.84. The number of rotatable bonds is 3. The minimum absolute atomic E-state index is 0.0161. The van der Waals surface area contributed by atoms with Crippen molar-refractivity contribution in [3.05, 3.63) is 35.4 Å². The van der Waals surface area contributed by atoms with Crippen molar-refractivity contribution >= 4 is 21.9 Å². The molecule has 1 unspecified atom stereocenters. The number of ether oxygens (including phenoxy) is 1. The van der Waals surface area contributed by atoms with Crippen LogP contribution in [0.15, 0.2) is 24.3 Å². The van der Waals surface area contributed by atoms with E-state index in [0.29, 0.717) is 5.56 Å². The first-order valence-corrected chi connectivity index (χ1v) is 5.64. The summed E-state index contributed by atoms with van der Waals surface area (Å²) in [5, 5.41) is 0. The number of carbonyl (C=O) groups excluding carboxylic acids is 1. The Morgan fingerprint density at radius 3 is 2.65 bits per heavy atom. The van der Waals surface area contributed by atoms with Gasteiger partial charge in [-0.3, -0.25) is 4.79 Å². The summed E-state index contributed by atoms with van der Waals surface area (Å²) < 4.78 is 41.8. The second-order valence-corrected chi connectivity index (χ2v) is 4.48. The highest BCUT2D eigenvalue weighted by Gasteiger charge is 2.30. The van der Waals surface area contributed by atoms with Gasteiger partial charge in [0.1, 0.15) is 0 Å². The molecule has 0 aliphatic rings. The minimum Gasteiger partial charge on any atom is -0.469 e. The SMILES string of the molecule is COC(=O)CC(Br)c1cccc(C(F)(F)F)c1. The molecule has 0 spiro atoms. The highest BCUT2D eigenvalue weighted by atomic mass is 79.9. The third-order valence-corrected chi connectivity index (χ3v) is 3.00. The summed E-state index contributed by atoms with van der Waals surface area (Å²) in [7, 11) is 1.23. The van der Waals surface area contributed by atoms with Gasteiger partial charge >= 0.3 is 12.1 Å². The molecule has 0 saturated heterocycles. The number of benzene rings is 1. The van der Waals surface area contributed by atoms with E-state index in [1.165, 1.54) is 19.2 Å². The molecule has 1 aromatic carbocycles. The Kier molecular flexibility index (Phi) is 4.56. The second-order valence-electron chi connectivity index (χ2n) is 3.37. The van der Waals surface area contributed by atoms with Crippen LogP contribution in [-0.2, 0) is 15.7 Å². The van der Waals surface area contributed by atoms with Gasteiger partial charge in [0.15, 0.2) is 0 Å². The molecule has 0 radical (unpaired) electrons. The molecule has 94 valence electrons. The normalized spacial score (nSPS) is 13.2. The molecule has 0 saturated carbocycles. The van der Waals surface area contributed by atoms with E-state index in [-0.39, 0.29) is 6.42 Å². The third kappa shape index (κ3) is 4.03. The van der Waals surface area contributed by atoms with Gasteiger partial charge in [-0.25, -0.2) is 0 Å². The topological polar surface area (TPSA) is 26.3 Å². The van der Waals surface area contributed by atoms with Crippen LogP contribution in [-0.4, -0.2) is 13.1 Å². The van der Waals surface area contributed by atoms with Crippen molar-refractivity contribution in [2.75, 3.05) is 7.11 Å². The number of methoxy groups -OCH3 is 1. The van der Waals surface area contributed by atoms with Crippen molar-refractivity contribution in [3.63, 3.8) is 0 Å². The summed E-state index contributed by atoms with van der Waals surface area (Å²) in [5.41, 5.74) is -0.338. The molecule has 2 nitrogen and oxygen atoms in total. The zero-order chi connectivity index (χ0) is 13.1. The molecule has 0 N–H and O–H groups in total. The molecule has 6 heteroatoms. The molecule has 17 heavy (non-hydrogen) atoms. The Bertz CT molecular complexity index is 404. The largest absolute Gasteiger partial charge is 0.469 e. The lowest BCUT2D eigenvalue weighted by molar-refractivity contribution is -0.140. The van der Waals surface area contributed by atoms with Crippen LogP contribution in [0.1, 0.15) is 22.4 Å². The van der Waals surface area contributed by atoms with Crippen LogP contribution >= 0.6 is 15.9 Å². The average molecular weight is 311 g/mol. The smallest absolute Gasteiger partial charge is 0.416 e. The summed E-state index contributed by atoms with van der Waals surface area (Å²) in [4.78, 5) is 10.5. The Morgan fingerprint density at radius 1 is 1.47 bits per heavy atom. The van der Waals surface area contributed by atoms with Gasteiger partial charge in [-0.15, -0.1) is 0 Å². The van der Waals surface area contributed by atoms with E-state index in [2.05, 4.69) is 20.7 Å². The third-order valence-electron chi connectivity index (χ3n) is 2.15. The molecule has 0 heterocycles. The van der Waals surface area contributed by atoms with Crippen molar-refractivity contribution in [1.82, 2.24) is 0 Å². The zero-order valence-electron chi connectivity index (χ0n) is 8.92. The van der Waals surface area contributed by atoms with Crippen molar-refractivity contribution in [1.29, 1.82) is 0 Å². The van der Waals surface area contributed by atoms with Crippen LogP contribution in [0, 0.1) is 0 Å². The van der Waals surface area contributed by atoms with Gasteiger partial charge in [0.25, 0.3) is 0 Å². The molecule has 1 atom stereocenters. The predicted molar refractivity (Wildman–Crippen MR) is 59.7 cm³/mol. The molecule has 0 aliphatic heterocycles. The highest BCUT2D eigenvalue weighted by Crippen LogP contribution is 2.33. The minimum atomic E-state index is -4.38. The van der Waals surface area contributed by atoms with Gasteiger partial charge in [0.05, 0.1) is 19.1 Å². The number of carbonyl (C=O) groups is 1. The van der Waals surface area contributed by atoms with Crippen LogP contribution in [0.2, 0.25) is 0 Å². The number of halogens is 4. The number of esters is 1. The Morgan fingerprint density at radius 2 is 2.12 bits per heavy atom. The average Bonchev–Trinajstić information content (AvgIpc) is 2.28. The fourth-order valence-corrected chi connectivity index (χ4v) is 1.81. The second kappa shape index (κ2) is 5.53.